The molecule has 0 spiro atoms. The Morgan fingerprint density at radius 1 is 1.44 bits per heavy atom. The minimum absolute atomic E-state index is 0.148. The molecular weight excluding hydrogens is 114 g/mol. The Balaban J connectivity index is 3.49. The zero-order valence-corrected chi connectivity index (χ0v) is 6.20. The molecule has 0 aliphatic carbocycles. The third-order valence-corrected chi connectivity index (χ3v) is 1.06. The van der Waals surface area contributed by atoms with Crippen molar-refractivity contribution >= 4 is 0 Å². The van der Waals surface area contributed by atoms with Crippen LogP contribution in [0.1, 0.15) is 27.2 Å². The number of nitrogens with zero attached hydrogens (tertiary/aromatic N) is 3. The van der Waals surface area contributed by atoms with E-state index in [0.29, 0.717) is 5.92 Å². The highest BCUT2D eigenvalue weighted by molar-refractivity contribution is 4.61. The molecule has 0 aliphatic rings. The molecule has 0 amide bonds. The predicted molar refractivity (Wildman–Crippen MR) is 38.1 cm³/mol. The average molecular weight is 127 g/mol. The van der Waals surface area contributed by atoms with E-state index in [-0.39, 0.29) is 6.04 Å². The van der Waals surface area contributed by atoms with Crippen LogP contribution in [0.5, 0.6) is 0 Å². The third kappa shape index (κ3) is 5.18. The summed E-state index contributed by atoms with van der Waals surface area (Å²) in [4.78, 5) is 2.71. The van der Waals surface area contributed by atoms with Crippen molar-refractivity contribution in [2.75, 3.05) is 0 Å². The molecule has 1 atom stereocenters. The van der Waals surface area contributed by atoms with E-state index in [1.807, 2.05) is 6.92 Å². The molecule has 0 saturated carbocycles. The van der Waals surface area contributed by atoms with E-state index < -0.39 is 0 Å². The Kier molecular flexibility index (Phi) is 3.89. The summed E-state index contributed by atoms with van der Waals surface area (Å²) < 4.78 is 0. The quantitative estimate of drug-likeness (QED) is 0.318. The zero-order chi connectivity index (χ0) is 7.28. The van der Waals surface area contributed by atoms with Crippen LogP contribution in [0.4, 0.5) is 0 Å². The fourth-order valence-electron chi connectivity index (χ4n) is 0.818. The first kappa shape index (κ1) is 8.31. The van der Waals surface area contributed by atoms with Gasteiger partial charge in [-0.3, -0.25) is 0 Å². The molecule has 0 radical (unpaired) electrons. The second kappa shape index (κ2) is 4.21. The third-order valence-electron chi connectivity index (χ3n) is 1.06. The number of azide groups is 1. The molecule has 0 heterocycles. The molecule has 0 aromatic rings. The fraction of sp³-hybridized carbons (Fsp3) is 1.00. The number of hydrogen-bond acceptors (Lipinski definition) is 1. The van der Waals surface area contributed by atoms with E-state index in [1.165, 1.54) is 0 Å². The molecule has 0 fully saturated rings. The van der Waals surface area contributed by atoms with Gasteiger partial charge in [0, 0.05) is 11.0 Å². The summed E-state index contributed by atoms with van der Waals surface area (Å²) in [6, 6.07) is 0.148. The van der Waals surface area contributed by atoms with Crippen molar-refractivity contribution in [3.8, 4) is 0 Å². The lowest BCUT2D eigenvalue weighted by atomic mass is 10.1. The van der Waals surface area contributed by atoms with Gasteiger partial charge in [-0.25, -0.2) is 0 Å². The maximum Gasteiger partial charge on any atom is 0.0348 e. The monoisotopic (exact) mass is 127 g/mol. The summed E-state index contributed by atoms with van der Waals surface area (Å²) in [6.07, 6.45) is 0.976. The van der Waals surface area contributed by atoms with Gasteiger partial charge >= 0.3 is 0 Å². The Bertz CT molecular complexity index is 113. The van der Waals surface area contributed by atoms with Crippen LogP contribution in [0.2, 0.25) is 0 Å². The van der Waals surface area contributed by atoms with E-state index in [2.05, 4.69) is 23.9 Å². The molecule has 0 aromatic carbocycles. The second-order valence-electron chi connectivity index (χ2n) is 2.68. The normalized spacial score (nSPS) is 12.9. The lowest BCUT2D eigenvalue weighted by Crippen LogP contribution is -2.00. The molecule has 0 aliphatic heterocycles. The van der Waals surface area contributed by atoms with Crippen LogP contribution in [0.25, 0.3) is 10.4 Å². The molecule has 9 heavy (non-hydrogen) atoms. The lowest BCUT2D eigenvalue weighted by molar-refractivity contribution is 0.519. The maximum absolute atomic E-state index is 8.01. The van der Waals surface area contributed by atoms with Crippen LogP contribution in [0.3, 0.4) is 0 Å². The standard InChI is InChI=1S/C6H13N3/c1-5(2)4-6(3)8-9-7/h5-6H,4H2,1-3H3. The Hall–Kier alpha value is -0.690. The van der Waals surface area contributed by atoms with Crippen LogP contribution in [0.15, 0.2) is 5.11 Å². The van der Waals surface area contributed by atoms with Gasteiger partial charge in [-0.2, -0.15) is 0 Å². The first-order valence-electron chi connectivity index (χ1n) is 3.21. The van der Waals surface area contributed by atoms with Crippen molar-refractivity contribution in [3.63, 3.8) is 0 Å². The smallest absolute Gasteiger partial charge is 0.0348 e. The van der Waals surface area contributed by atoms with Crippen LogP contribution in [0, 0.1) is 5.92 Å². The predicted octanol–water partition coefficient (Wildman–Crippen LogP) is 2.73. The molecule has 0 rings (SSSR count). The summed E-state index contributed by atoms with van der Waals surface area (Å²) in [5.74, 6) is 0.616. The van der Waals surface area contributed by atoms with Crippen molar-refractivity contribution in [2.24, 2.45) is 11.0 Å². The topological polar surface area (TPSA) is 48.8 Å². The SMILES string of the molecule is CC(C)CC(C)N=[N+]=[N-]. The van der Waals surface area contributed by atoms with Gasteiger partial charge in [-0.15, -0.1) is 0 Å². The van der Waals surface area contributed by atoms with Gasteiger partial charge in [0.05, 0.1) is 0 Å². The first-order chi connectivity index (χ1) is 4.16. The van der Waals surface area contributed by atoms with E-state index >= 15 is 0 Å². The molecule has 0 N–H and O–H groups in total. The van der Waals surface area contributed by atoms with Crippen molar-refractivity contribution in [1.29, 1.82) is 0 Å². The van der Waals surface area contributed by atoms with Crippen LogP contribution in [-0.4, -0.2) is 6.04 Å². The Morgan fingerprint density at radius 2 is 2.00 bits per heavy atom. The summed E-state index contributed by atoms with van der Waals surface area (Å²) in [5, 5.41) is 3.55. The minimum atomic E-state index is 0.148. The molecule has 0 bridgehead atoms. The summed E-state index contributed by atoms with van der Waals surface area (Å²) in [6.45, 7) is 6.16. The molecule has 3 heteroatoms. The van der Waals surface area contributed by atoms with Gasteiger partial charge in [-0.05, 0) is 17.9 Å². The van der Waals surface area contributed by atoms with Gasteiger partial charge in [-0.1, -0.05) is 25.9 Å². The molecule has 3 nitrogen and oxygen atoms in total. The van der Waals surface area contributed by atoms with E-state index in [1.54, 1.807) is 0 Å². The maximum atomic E-state index is 8.01. The Labute approximate surface area is 55.7 Å². The average Bonchev–Trinajstić information content (AvgIpc) is 1.63. The van der Waals surface area contributed by atoms with Crippen molar-refractivity contribution < 1.29 is 0 Å². The zero-order valence-electron chi connectivity index (χ0n) is 6.20. The van der Waals surface area contributed by atoms with Crippen LogP contribution >= 0.6 is 0 Å². The minimum Gasteiger partial charge on any atom is -0.0909 e. The largest absolute Gasteiger partial charge is 0.0909 e. The van der Waals surface area contributed by atoms with Crippen molar-refractivity contribution in [3.05, 3.63) is 10.4 Å². The first-order valence-corrected chi connectivity index (χ1v) is 3.21. The molecule has 52 valence electrons. The van der Waals surface area contributed by atoms with Crippen LogP contribution in [-0.2, 0) is 0 Å². The highest BCUT2D eigenvalue weighted by atomic mass is 15.1. The second-order valence-corrected chi connectivity index (χ2v) is 2.68. The summed E-state index contributed by atoms with van der Waals surface area (Å²) in [5.41, 5.74) is 8.01. The highest BCUT2D eigenvalue weighted by Gasteiger charge is 2.00. The number of hydrogen-bond donors (Lipinski definition) is 0. The van der Waals surface area contributed by atoms with E-state index in [4.69, 9.17) is 5.53 Å². The van der Waals surface area contributed by atoms with Crippen LogP contribution < -0.4 is 0 Å². The van der Waals surface area contributed by atoms with Crippen molar-refractivity contribution in [2.45, 2.75) is 33.2 Å². The number of rotatable bonds is 3. The molecule has 1 unspecified atom stereocenters. The summed E-state index contributed by atoms with van der Waals surface area (Å²) >= 11 is 0. The molecule has 0 aromatic heterocycles. The Morgan fingerprint density at radius 3 is 2.33 bits per heavy atom. The van der Waals surface area contributed by atoms with Gasteiger partial charge in [0.15, 0.2) is 0 Å². The van der Waals surface area contributed by atoms with Gasteiger partial charge in [0.2, 0.25) is 0 Å². The van der Waals surface area contributed by atoms with Gasteiger partial charge < -0.3 is 0 Å². The fourth-order valence-corrected chi connectivity index (χ4v) is 0.818. The molecular formula is C6H13N3. The summed E-state index contributed by atoms with van der Waals surface area (Å²) in [7, 11) is 0. The van der Waals surface area contributed by atoms with E-state index in [0.717, 1.165) is 6.42 Å². The molecule has 0 saturated heterocycles. The van der Waals surface area contributed by atoms with Gasteiger partial charge in [0.25, 0.3) is 0 Å². The van der Waals surface area contributed by atoms with E-state index in [9.17, 15) is 0 Å². The van der Waals surface area contributed by atoms with Crippen molar-refractivity contribution in [1.82, 2.24) is 0 Å². The lowest BCUT2D eigenvalue weighted by Gasteiger charge is -2.05. The van der Waals surface area contributed by atoms with Gasteiger partial charge in [0.1, 0.15) is 0 Å². The highest BCUT2D eigenvalue weighted by Crippen LogP contribution is 2.06.